The van der Waals surface area contributed by atoms with E-state index in [1.54, 1.807) is 16.9 Å². The molecule has 7 nitrogen and oxygen atoms in total. The molecule has 46 heavy (non-hydrogen) atoms. The van der Waals surface area contributed by atoms with Crippen LogP contribution >= 0.6 is 46.6 Å². The van der Waals surface area contributed by atoms with E-state index in [9.17, 15) is 18.0 Å². The number of ether oxygens (including phenoxy) is 1. The Labute approximate surface area is 283 Å². The van der Waals surface area contributed by atoms with Gasteiger partial charge in [-0.2, -0.15) is 18.3 Å². The number of carbonyl (C=O) groups is 1. The molecule has 3 aromatic carbocycles. The first kappa shape index (κ1) is 34.4. The molecular weight excluding hydrogens is 684 g/mol. The summed E-state index contributed by atoms with van der Waals surface area (Å²) < 4.78 is 46.8. The summed E-state index contributed by atoms with van der Waals surface area (Å²) in [7, 11) is 2.17. The third kappa shape index (κ3) is 8.90. The monoisotopic (exact) mass is 712 g/mol. The molecule has 4 aromatic rings. The van der Waals surface area contributed by atoms with Gasteiger partial charge < -0.3 is 14.7 Å². The molecule has 0 unspecified atom stereocenters. The van der Waals surface area contributed by atoms with Crippen molar-refractivity contribution >= 4 is 69.5 Å². The van der Waals surface area contributed by atoms with Crippen LogP contribution in [0.5, 0.6) is 5.75 Å². The van der Waals surface area contributed by atoms with E-state index in [1.807, 2.05) is 30.0 Å². The summed E-state index contributed by atoms with van der Waals surface area (Å²) in [6.07, 6.45) is 0.673. The van der Waals surface area contributed by atoms with E-state index in [0.29, 0.717) is 21.8 Å². The summed E-state index contributed by atoms with van der Waals surface area (Å²) in [6, 6.07) is 15.1. The molecule has 3 heterocycles. The van der Waals surface area contributed by atoms with E-state index in [0.717, 1.165) is 48.0 Å². The van der Waals surface area contributed by atoms with Gasteiger partial charge in [-0.05, 0) is 79.7 Å². The number of aliphatic carboxylic acids is 1. The summed E-state index contributed by atoms with van der Waals surface area (Å²) in [5.41, 5.74) is 1.30. The van der Waals surface area contributed by atoms with Gasteiger partial charge in [0, 0.05) is 45.3 Å². The molecule has 6 rings (SSSR count). The van der Waals surface area contributed by atoms with Crippen molar-refractivity contribution in [3.8, 4) is 5.75 Å². The van der Waals surface area contributed by atoms with E-state index >= 15 is 0 Å². The van der Waals surface area contributed by atoms with E-state index in [2.05, 4.69) is 28.0 Å². The molecule has 1 N–H and O–H groups in total. The van der Waals surface area contributed by atoms with E-state index < -0.39 is 24.3 Å². The number of rotatable bonds is 7. The number of aromatic nitrogens is 2. The van der Waals surface area contributed by atoms with Crippen LogP contribution in [0.3, 0.4) is 0 Å². The van der Waals surface area contributed by atoms with Gasteiger partial charge in [-0.15, -0.1) is 11.8 Å². The number of halogens is 6. The maximum atomic E-state index is 13.5. The Balaban J connectivity index is 0.000000270. The van der Waals surface area contributed by atoms with Crippen molar-refractivity contribution in [2.75, 3.05) is 39.2 Å². The topological polar surface area (TPSA) is 70.8 Å². The summed E-state index contributed by atoms with van der Waals surface area (Å²) in [5, 5.41) is 14.4. The standard InChI is InChI=1S/C24H24ClF3N4S.C8H6Cl2O3/c1-30-7-6-20(13-30)31-14-21(33-15-31)9-16-2-5-23-18(8-16)11-29-32(23)12-17-3-4-19(25)10-22(17)24(26,27)28;9-5-1-2-7(6(10)3-5)13-4-8(11)12/h2-5,8-11,20H,6-7,12-15H2,1H3;1-3H,4H2,(H,11,12)/b21-9-;/t20-;/m1./s1. The van der Waals surface area contributed by atoms with Crippen LogP contribution in [0.15, 0.2) is 65.7 Å². The highest BCUT2D eigenvalue weighted by atomic mass is 35.5. The zero-order chi connectivity index (χ0) is 33.0. The molecule has 0 radical (unpaired) electrons. The molecule has 0 amide bonds. The predicted octanol–water partition coefficient (Wildman–Crippen LogP) is 8.26. The molecule has 1 aromatic heterocycles. The number of carboxylic acid groups (broad SMARTS) is 1. The lowest BCUT2D eigenvalue weighted by Gasteiger charge is -2.21. The van der Waals surface area contributed by atoms with Crippen molar-refractivity contribution in [1.82, 2.24) is 19.6 Å². The number of likely N-dealkylation sites (tertiary alicyclic amines) is 1. The van der Waals surface area contributed by atoms with Crippen molar-refractivity contribution in [2.24, 2.45) is 0 Å². The number of likely N-dealkylation sites (N-methyl/N-ethyl adjacent to an activating group) is 1. The highest BCUT2D eigenvalue weighted by Crippen LogP contribution is 2.35. The van der Waals surface area contributed by atoms with Crippen LogP contribution in [-0.2, 0) is 17.5 Å². The summed E-state index contributed by atoms with van der Waals surface area (Å²) in [6.45, 7) is 2.86. The Morgan fingerprint density at radius 3 is 2.57 bits per heavy atom. The number of thioether (sulfide) groups is 1. The fourth-order valence-electron chi connectivity index (χ4n) is 5.34. The van der Waals surface area contributed by atoms with Gasteiger partial charge in [0.2, 0.25) is 0 Å². The first-order valence-electron chi connectivity index (χ1n) is 14.2. The van der Waals surface area contributed by atoms with E-state index in [4.69, 9.17) is 44.6 Å². The molecule has 2 saturated heterocycles. The molecule has 1 atom stereocenters. The highest BCUT2D eigenvalue weighted by Gasteiger charge is 2.34. The minimum Gasteiger partial charge on any atom is -0.480 e. The van der Waals surface area contributed by atoms with Gasteiger partial charge in [0.05, 0.1) is 28.8 Å². The molecule has 0 aliphatic carbocycles. The van der Waals surface area contributed by atoms with Gasteiger partial charge in [0.15, 0.2) is 6.61 Å². The van der Waals surface area contributed by atoms with Gasteiger partial charge in [0.25, 0.3) is 0 Å². The number of carboxylic acids is 1. The van der Waals surface area contributed by atoms with Crippen LogP contribution in [-0.4, -0.2) is 75.9 Å². The van der Waals surface area contributed by atoms with Crippen molar-refractivity contribution in [1.29, 1.82) is 0 Å². The van der Waals surface area contributed by atoms with Gasteiger partial charge in [-0.1, -0.05) is 46.9 Å². The summed E-state index contributed by atoms with van der Waals surface area (Å²) >= 11 is 19.0. The van der Waals surface area contributed by atoms with E-state index in [-0.39, 0.29) is 17.1 Å². The van der Waals surface area contributed by atoms with Crippen LogP contribution < -0.4 is 4.74 Å². The number of hydrogen-bond acceptors (Lipinski definition) is 6. The maximum Gasteiger partial charge on any atom is 0.416 e. The SMILES string of the molecule is CN1CC[C@@H](N2CS/C(=C\c3ccc4c(cnn4Cc4ccc(Cl)cc4C(F)(F)F)c3)C2)C1.O=C(O)COc1ccc(Cl)cc1Cl. The smallest absolute Gasteiger partial charge is 0.416 e. The lowest BCUT2D eigenvalue weighted by atomic mass is 10.1. The Hall–Kier alpha value is -2.93. The third-order valence-corrected chi connectivity index (χ3v) is 9.44. The number of nitrogens with zero attached hydrogens (tertiary/aromatic N) is 4. The van der Waals surface area contributed by atoms with Crippen LogP contribution in [0.2, 0.25) is 15.1 Å². The Morgan fingerprint density at radius 2 is 1.87 bits per heavy atom. The zero-order valence-corrected chi connectivity index (χ0v) is 27.7. The zero-order valence-electron chi connectivity index (χ0n) is 24.6. The number of alkyl halides is 3. The van der Waals surface area contributed by atoms with Crippen LogP contribution in [0.1, 0.15) is 23.1 Å². The largest absolute Gasteiger partial charge is 0.480 e. The average molecular weight is 714 g/mol. The molecule has 0 saturated carbocycles. The van der Waals surface area contributed by atoms with Gasteiger partial charge in [-0.25, -0.2) is 4.79 Å². The van der Waals surface area contributed by atoms with Gasteiger partial charge in [-0.3, -0.25) is 9.58 Å². The average Bonchev–Trinajstić information content (AvgIpc) is 3.73. The quantitative estimate of drug-likeness (QED) is 0.207. The normalized spacial score (nSPS) is 18.2. The van der Waals surface area contributed by atoms with Crippen molar-refractivity contribution in [2.45, 2.75) is 25.2 Å². The lowest BCUT2D eigenvalue weighted by molar-refractivity contribution is -0.139. The number of benzene rings is 3. The Morgan fingerprint density at radius 1 is 1.11 bits per heavy atom. The lowest BCUT2D eigenvalue weighted by Crippen LogP contribution is -2.34. The third-order valence-electron chi connectivity index (χ3n) is 7.59. The van der Waals surface area contributed by atoms with Crippen LogP contribution in [0.4, 0.5) is 13.2 Å². The van der Waals surface area contributed by atoms with Crippen molar-refractivity contribution in [3.05, 3.63) is 97.5 Å². The Kier molecular flexibility index (Phi) is 11.1. The summed E-state index contributed by atoms with van der Waals surface area (Å²) in [5.74, 6) is 0.284. The molecule has 0 spiro atoms. The van der Waals surface area contributed by atoms with Crippen molar-refractivity contribution in [3.63, 3.8) is 0 Å². The molecule has 244 valence electrons. The molecule has 0 bridgehead atoms. The second-order valence-corrected chi connectivity index (χ2v) is 13.4. The molecule has 2 aliphatic rings. The second kappa shape index (κ2) is 14.9. The molecular formula is C32H30Cl3F3N4O3S. The number of fused-ring (bicyclic) bond motifs is 1. The fraction of sp³-hybridized carbons (Fsp3) is 0.312. The van der Waals surface area contributed by atoms with Gasteiger partial charge in [0.1, 0.15) is 5.75 Å². The maximum absolute atomic E-state index is 13.5. The highest BCUT2D eigenvalue weighted by molar-refractivity contribution is 8.03. The second-order valence-electron chi connectivity index (χ2n) is 11.0. The Bertz CT molecular complexity index is 1750. The molecule has 2 aliphatic heterocycles. The first-order chi connectivity index (χ1) is 21.9. The molecule has 14 heteroatoms. The minimum absolute atomic E-state index is 0.0244. The first-order valence-corrected chi connectivity index (χ1v) is 16.3. The number of hydrogen-bond donors (Lipinski definition) is 1. The van der Waals surface area contributed by atoms with Crippen molar-refractivity contribution < 1.29 is 27.8 Å². The van der Waals surface area contributed by atoms with Crippen LogP contribution in [0, 0.1) is 0 Å². The van der Waals surface area contributed by atoms with Gasteiger partial charge >= 0.3 is 12.1 Å². The summed E-state index contributed by atoms with van der Waals surface area (Å²) in [4.78, 5) is 16.4. The minimum atomic E-state index is -4.47. The molecule has 2 fully saturated rings. The van der Waals surface area contributed by atoms with E-state index in [1.165, 1.54) is 35.6 Å². The van der Waals surface area contributed by atoms with Crippen LogP contribution in [0.25, 0.3) is 17.0 Å². The predicted molar refractivity (Wildman–Crippen MR) is 178 cm³/mol. The fourth-order valence-corrected chi connectivity index (χ4v) is 7.09.